The second-order valence-electron chi connectivity index (χ2n) is 3.53. The molecule has 0 saturated heterocycles. The van der Waals surface area contributed by atoms with Crippen LogP contribution in [0.3, 0.4) is 0 Å². The van der Waals surface area contributed by atoms with E-state index in [1.54, 1.807) is 10.8 Å². The lowest BCUT2D eigenvalue weighted by Gasteiger charge is -1.99. The third-order valence-corrected chi connectivity index (χ3v) is 5.44. The van der Waals surface area contributed by atoms with Gasteiger partial charge >= 0.3 is 0 Å². The average molecular weight is 286 g/mol. The summed E-state index contributed by atoms with van der Waals surface area (Å²) in [6.45, 7) is 2.17. The van der Waals surface area contributed by atoms with Gasteiger partial charge in [0.1, 0.15) is 0 Å². The summed E-state index contributed by atoms with van der Waals surface area (Å²) in [5, 5.41) is 2.04. The van der Waals surface area contributed by atoms with Gasteiger partial charge in [0.15, 0.2) is 0 Å². The molecule has 1 atom stereocenters. The number of benzene rings is 1. The smallest absolute Gasteiger partial charge is 0.0488 e. The molecule has 0 aliphatic carbocycles. The van der Waals surface area contributed by atoms with Crippen molar-refractivity contribution in [2.75, 3.05) is 11.5 Å². The minimum absolute atomic E-state index is 0.647. The molecule has 0 aliphatic rings. The first kappa shape index (κ1) is 14.9. The molecule has 0 heterocycles. The molecule has 0 saturated carbocycles. The number of hydrogen-bond acceptors (Lipinski definition) is 3. The fourth-order valence-corrected chi connectivity index (χ4v) is 4.07. The van der Waals surface area contributed by atoms with Crippen LogP contribution < -0.4 is 0 Å². The molecule has 1 rings (SSSR count). The molecule has 0 radical (unpaired) electrons. The summed E-state index contributed by atoms with van der Waals surface area (Å²) in [5.41, 5.74) is 1.15. The Bertz CT molecular complexity index is 349. The van der Waals surface area contributed by atoms with E-state index in [0.29, 0.717) is 11.5 Å². The van der Waals surface area contributed by atoms with Gasteiger partial charge in [-0.2, -0.15) is 0 Å². The molecule has 17 heavy (non-hydrogen) atoms. The Morgan fingerprint density at radius 3 is 2.76 bits per heavy atom. The molecular formula is C13H18OS3. The van der Waals surface area contributed by atoms with Crippen molar-refractivity contribution in [1.82, 2.24) is 0 Å². The van der Waals surface area contributed by atoms with E-state index >= 15 is 0 Å². The number of rotatable bonds is 8. The maximum Gasteiger partial charge on any atom is 0.0488 e. The Morgan fingerprint density at radius 1 is 1.29 bits per heavy atom. The minimum atomic E-state index is -0.788. The van der Waals surface area contributed by atoms with E-state index in [1.807, 2.05) is 52.6 Å². The molecular weight excluding hydrogens is 268 g/mol. The van der Waals surface area contributed by atoms with Crippen molar-refractivity contribution in [3.8, 4) is 0 Å². The molecule has 1 aromatic carbocycles. The van der Waals surface area contributed by atoms with Gasteiger partial charge in [-0.3, -0.25) is 4.21 Å². The zero-order valence-corrected chi connectivity index (χ0v) is 12.5. The summed E-state index contributed by atoms with van der Waals surface area (Å²) in [6, 6.07) is 9.99. The van der Waals surface area contributed by atoms with Crippen molar-refractivity contribution in [2.45, 2.75) is 19.1 Å². The van der Waals surface area contributed by atoms with Crippen LogP contribution in [0.2, 0.25) is 0 Å². The monoisotopic (exact) mass is 286 g/mol. The molecule has 1 unspecified atom stereocenters. The summed E-state index contributed by atoms with van der Waals surface area (Å²) in [4.78, 5) is 0. The van der Waals surface area contributed by atoms with Crippen LogP contribution in [-0.2, 0) is 16.6 Å². The van der Waals surface area contributed by atoms with Crippen molar-refractivity contribution >= 4 is 32.4 Å². The van der Waals surface area contributed by atoms with Crippen molar-refractivity contribution in [2.24, 2.45) is 0 Å². The van der Waals surface area contributed by atoms with E-state index in [-0.39, 0.29) is 0 Å². The lowest BCUT2D eigenvalue weighted by molar-refractivity contribution is 0.684. The molecule has 0 amide bonds. The van der Waals surface area contributed by atoms with Gasteiger partial charge in [0, 0.05) is 28.1 Å². The van der Waals surface area contributed by atoms with Crippen LogP contribution >= 0.6 is 21.6 Å². The van der Waals surface area contributed by atoms with E-state index in [4.69, 9.17) is 0 Å². The Hall–Kier alpha value is -0.190. The first-order valence-corrected chi connectivity index (χ1v) is 9.52. The Morgan fingerprint density at radius 2 is 2.06 bits per heavy atom. The highest BCUT2D eigenvalue weighted by atomic mass is 33.1. The zero-order chi connectivity index (χ0) is 12.3. The average Bonchev–Trinajstić information content (AvgIpc) is 2.35. The molecule has 0 aliphatic heterocycles. The van der Waals surface area contributed by atoms with Crippen LogP contribution in [0.4, 0.5) is 0 Å². The van der Waals surface area contributed by atoms with Gasteiger partial charge in [0.05, 0.1) is 0 Å². The predicted octanol–water partition coefficient (Wildman–Crippen LogP) is 4.24. The fraction of sp³-hybridized carbons (Fsp3) is 0.385. The second kappa shape index (κ2) is 9.80. The van der Waals surface area contributed by atoms with Crippen molar-refractivity contribution in [1.29, 1.82) is 0 Å². The highest BCUT2D eigenvalue weighted by Crippen LogP contribution is 2.22. The summed E-state index contributed by atoms with van der Waals surface area (Å²) < 4.78 is 11.7. The fourth-order valence-electron chi connectivity index (χ4n) is 1.18. The molecule has 0 aromatic heterocycles. The van der Waals surface area contributed by atoms with Crippen LogP contribution in [-0.4, -0.2) is 15.7 Å². The second-order valence-corrected chi connectivity index (χ2v) is 7.42. The normalized spacial score (nSPS) is 13.0. The zero-order valence-electron chi connectivity index (χ0n) is 10.0. The molecule has 1 nitrogen and oxygen atoms in total. The van der Waals surface area contributed by atoms with Crippen LogP contribution in [0.5, 0.6) is 0 Å². The van der Waals surface area contributed by atoms with E-state index in [9.17, 15) is 4.21 Å². The molecule has 0 N–H and O–H groups in total. The van der Waals surface area contributed by atoms with E-state index in [2.05, 4.69) is 6.92 Å². The number of hydrogen-bond donors (Lipinski definition) is 0. The van der Waals surface area contributed by atoms with E-state index in [0.717, 1.165) is 5.56 Å². The standard InChI is InChI=1S/C13H18OS3/c1-2-9-15-16-10-6-11-17(14)12-13-7-4-3-5-8-13/h3-8,10H,2,9,11-12H2,1H3/b10-6+. The maximum absolute atomic E-state index is 11.7. The largest absolute Gasteiger partial charge is 0.259 e. The third kappa shape index (κ3) is 7.68. The van der Waals surface area contributed by atoms with Gasteiger partial charge in [0.2, 0.25) is 0 Å². The minimum Gasteiger partial charge on any atom is -0.259 e. The predicted molar refractivity (Wildman–Crippen MR) is 82.6 cm³/mol. The quantitative estimate of drug-likeness (QED) is 0.525. The van der Waals surface area contributed by atoms with Crippen LogP contribution in [0.1, 0.15) is 18.9 Å². The van der Waals surface area contributed by atoms with E-state index < -0.39 is 10.8 Å². The Labute approximate surface area is 114 Å². The third-order valence-electron chi connectivity index (χ3n) is 1.96. The lowest BCUT2D eigenvalue weighted by Crippen LogP contribution is -1.98. The molecule has 94 valence electrons. The van der Waals surface area contributed by atoms with Crippen LogP contribution in [0.25, 0.3) is 0 Å². The van der Waals surface area contributed by atoms with Gasteiger partial charge in [0.25, 0.3) is 0 Å². The van der Waals surface area contributed by atoms with E-state index in [1.165, 1.54) is 12.2 Å². The molecule has 1 aromatic rings. The van der Waals surface area contributed by atoms with Crippen LogP contribution in [0, 0.1) is 0 Å². The first-order chi connectivity index (χ1) is 8.33. The van der Waals surface area contributed by atoms with Crippen molar-refractivity contribution in [3.05, 3.63) is 47.4 Å². The van der Waals surface area contributed by atoms with Gasteiger partial charge in [-0.05, 0) is 17.4 Å². The summed E-state index contributed by atoms with van der Waals surface area (Å²) >= 11 is 0. The molecule has 0 fully saturated rings. The van der Waals surface area contributed by atoms with Gasteiger partial charge in [-0.15, -0.1) is 0 Å². The highest BCUT2D eigenvalue weighted by molar-refractivity contribution is 8.77. The van der Waals surface area contributed by atoms with Gasteiger partial charge < -0.3 is 0 Å². The molecule has 0 bridgehead atoms. The lowest BCUT2D eigenvalue weighted by atomic mass is 10.2. The van der Waals surface area contributed by atoms with Crippen molar-refractivity contribution < 1.29 is 4.21 Å². The summed E-state index contributed by atoms with van der Waals surface area (Å²) in [6.07, 6.45) is 3.21. The maximum atomic E-state index is 11.7. The highest BCUT2D eigenvalue weighted by Gasteiger charge is 1.98. The SMILES string of the molecule is CCCSS/C=C/CS(=O)Cc1ccccc1. The Balaban J connectivity index is 2.17. The Kier molecular flexibility index (Phi) is 8.57. The molecule has 0 spiro atoms. The van der Waals surface area contributed by atoms with Gasteiger partial charge in [-0.1, -0.05) is 64.9 Å². The first-order valence-electron chi connectivity index (χ1n) is 5.65. The summed E-state index contributed by atoms with van der Waals surface area (Å²) in [7, 11) is 2.78. The summed E-state index contributed by atoms with van der Waals surface area (Å²) in [5.74, 6) is 2.47. The van der Waals surface area contributed by atoms with Crippen molar-refractivity contribution in [3.63, 3.8) is 0 Å². The van der Waals surface area contributed by atoms with Crippen LogP contribution in [0.15, 0.2) is 41.8 Å². The topological polar surface area (TPSA) is 17.1 Å². The molecule has 4 heteroatoms. The van der Waals surface area contributed by atoms with Gasteiger partial charge in [-0.25, -0.2) is 0 Å².